The minimum atomic E-state index is -0.809. The number of rotatable bonds is 3. The summed E-state index contributed by atoms with van der Waals surface area (Å²) >= 11 is 0. The van der Waals surface area contributed by atoms with Crippen molar-refractivity contribution in [3.63, 3.8) is 0 Å². The summed E-state index contributed by atoms with van der Waals surface area (Å²) < 4.78 is 5.24. The van der Waals surface area contributed by atoms with Gasteiger partial charge in [0.15, 0.2) is 5.89 Å². The van der Waals surface area contributed by atoms with Crippen molar-refractivity contribution < 1.29 is 14.3 Å². The summed E-state index contributed by atoms with van der Waals surface area (Å²) in [6.45, 7) is 3.42. The average molecular weight is 220 g/mol. The topological polar surface area (TPSA) is 76.2 Å². The van der Waals surface area contributed by atoms with Gasteiger partial charge in [-0.15, -0.1) is 0 Å². The molecule has 0 bridgehead atoms. The molecule has 1 atom stereocenters. The van der Waals surface area contributed by atoms with Crippen LogP contribution in [0.5, 0.6) is 0 Å². The van der Waals surface area contributed by atoms with Gasteiger partial charge < -0.3 is 9.52 Å². The van der Waals surface area contributed by atoms with Crippen molar-refractivity contribution >= 4 is 17.2 Å². The molecule has 16 heavy (non-hydrogen) atoms. The molecule has 2 aromatic rings. The Morgan fingerprint density at radius 3 is 3.06 bits per heavy atom. The van der Waals surface area contributed by atoms with Crippen molar-refractivity contribution in [3.8, 4) is 0 Å². The molecular formula is C11H12N2O3. The lowest BCUT2D eigenvalue weighted by Crippen LogP contribution is -2.12. The quantitative estimate of drug-likeness (QED) is 0.853. The number of carboxylic acids is 1. The van der Waals surface area contributed by atoms with Gasteiger partial charge in [-0.2, -0.15) is 0 Å². The lowest BCUT2D eigenvalue weighted by Gasteiger charge is -2.04. The molecule has 2 aromatic heterocycles. The van der Waals surface area contributed by atoms with Crippen LogP contribution in [0, 0.1) is 12.8 Å². The average Bonchev–Trinajstić information content (AvgIpc) is 2.57. The number of hydrogen-bond donors (Lipinski definition) is 1. The minimum Gasteiger partial charge on any atom is -0.481 e. The second kappa shape index (κ2) is 3.92. The summed E-state index contributed by atoms with van der Waals surface area (Å²) in [6.07, 6.45) is 2.08. The first-order valence-corrected chi connectivity index (χ1v) is 5.01. The van der Waals surface area contributed by atoms with E-state index in [9.17, 15) is 4.79 Å². The third kappa shape index (κ3) is 2.03. The van der Waals surface area contributed by atoms with E-state index in [1.807, 2.05) is 6.07 Å². The Morgan fingerprint density at radius 1 is 1.62 bits per heavy atom. The second-order valence-corrected chi connectivity index (χ2v) is 3.84. The fraction of sp³-hybridized carbons (Fsp3) is 0.364. The summed E-state index contributed by atoms with van der Waals surface area (Å²) in [6, 6.07) is 1.82. The fourth-order valence-corrected chi connectivity index (χ4v) is 1.53. The highest BCUT2D eigenvalue weighted by Gasteiger charge is 2.13. The first-order valence-electron chi connectivity index (χ1n) is 5.01. The van der Waals surface area contributed by atoms with E-state index in [0.29, 0.717) is 23.5 Å². The number of hydrogen-bond acceptors (Lipinski definition) is 4. The highest BCUT2D eigenvalue weighted by atomic mass is 16.4. The number of nitrogens with zero attached hydrogens (tertiary/aromatic N) is 2. The number of aromatic nitrogens is 2. The zero-order valence-corrected chi connectivity index (χ0v) is 9.10. The highest BCUT2D eigenvalue weighted by Crippen LogP contribution is 2.16. The molecule has 0 fully saturated rings. The Morgan fingerprint density at radius 2 is 2.38 bits per heavy atom. The molecular weight excluding hydrogens is 208 g/mol. The van der Waals surface area contributed by atoms with Crippen LogP contribution in [0.2, 0.25) is 0 Å². The summed E-state index contributed by atoms with van der Waals surface area (Å²) in [7, 11) is 0. The monoisotopic (exact) mass is 220 g/mol. The molecule has 0 aliphatic heterocycles. The van der Waals surface area contributed by atoms with Crippen molar-refractivity contribution in [1.82, 2.24) is 9.97 Å². The molecule has 0 aromatic carbocycles. The van der Waals surface area contributed by atoms with Gasteiger partial charge in [0.05, 0.1) is 5.92 Å². The molecule has 1 N–H and O–H groups in total. The summed E-state index contributed by atoms with van der Waals surface area (Å²) in [5.41, 5.74) is 2.02. The van der Waals surface area contributed by atoms with Crippen LogP contribution < -0.4 is 0 Å². The largest absolute Gasteiger partial charge is 0.481 e. The van der Waals surface area contributed by atoms with Crippen LogP contribution in [-0.2, 0) is 11.2 Å². The van der Waals surface area contributed by atoms with E-state index in [1.165, 1.54) is 0 Å². The number of carboxylic acid groups (broad SMARTS) is 1. The normalized spacial score (nSPS) is 12.9. The van der Waals surface area contributed by atoms with Crippen molar-refractivity contribution in [2.24, 2.45) is 5.92 Å². The number of aliphatic carboxylic acids is 1. The molecule has 84 valence electrons. The maximum absolute atomic E-state index is 10.7. The number of aryl methyl sites for hydroxylation is 1. The number of pyridine rings is 1. The van der Waals surface area contributed by atoms with Crippen LogP contribution in [0.1, 0.15) is 18.4 Å². The first kappa shape index (κ1) is 10.6. The van der Waals surface area contributed by atoms with E-state index in [1.54, 1.807) is 20.0 Å². The smallest absolute Gasteiger partial charge is 0.306 e. The van der Waals surface area contributed by atoms with E-state index in [4.69, 9.17) is 9.52 Å². The van der Waals surface area contributed by atoms with Crippen LogP contribution in [0.15, 0.2) is 16.7 Å². The maximum atomic E-state index is 10.7. The zero-order valence-electron chi connectivity index (χ0n) is 9.10. The van der Waals surface area contributed by atoms with Crippen molar-refractivity contribution in [1.29, 1.82) is 0 Å². The SMILES string of the molecule is Cc1nc2cc(CC(C)C(=O)O)cnc2o1. The summed E-state index contributed by atoms with van der Waals surface area (Å²) in [5, 5.41) is 8.81. The molecule has 0 amide bonds. The molecule has 0 saturated carbocycles. The number of oxazole rings is 1. The third-order valence-electron chi connectivity index (χ3n) is 2.37. The van der Waals surface area contributed by atoms with Gasteiger partial charge >= 0.3 is 5.97 Å². The molecule has 2 rings (SSSR count). The van der Waals surface area contributed by atoms with Crippen molar-refractivity contribution in [2.75, 3.05) is 0 Å². The summed E-state index contributed by atoms with van der Waals surface area (Å²) in [5.74, 6) is -0.672. The van der Waals surface area contributed by atoms with Gasteiger partial charge in [0.2, 0.25) is 5.71 Å². The molecule has 5 nitrogen and oxygen atoms in total. The molecule has 1 unspecified atom stereocenters. The Kier molecular flexibility index (Phi) is 2.60. The van der Waals surface area contributed by atoms with Crippen LogP contribution >= 0.6 is 0 Å². The number of carbonyl (C=O) groups is 1. The maximum Gasteiger partial charge on any atom is 0.306 e. The van der Waals surface area contributed by atoms with E-state index >= 15 is 0 Å². The van der Waals surface area contributed by atoms with E-state index in [-0.39, 0.29) is 0 Å². The third-order valence-corrected chi connectivity index (χ3v) is 2.37. The Labute approximate surface area is 92.1 Å². The van der Waals surface area contributed by atoms with E-state index in [2.05, 4.69) is 9.97 Å². The van der Waals surface area contributed by atoms with Crippen molar-refractivity contribution in [2.45, 2.75) is 20.3 Å². The van der Waals surface area contributed by atoms with Gasteiger partial charge in [0, 0.05) is 13.1 Å². The van der Waals surface area contributed by atoms with Gasteiger partial charge in [0.1, 0.15) is 5.52 Å². The van der Waals surface area contributed by atoms with Gasteiger partial charge in [-0.05, 0) is 18.1 Å². The van der Waals surface area contributed by atoms with Crippen LogP contribution in [0.4, 0.5) is 0 Å². The highest BCUT2D eigenvalue weighted by molar-refractivity contribution is 5.71. The predicted molar refractivity (Wildman–Crippen MR) is 57.0 cm³/mol. The standard InChI is InChI=1S/C11H12N2O3/c1-6(11(14)15)3-8-4-9-10(12-5-8)16-7(2)13-9/h4-6H,3H2,1-2H3,(H,14,15). The molecule has 2 heterocycles. The molecule has 0 radical (unpaired) electrons. The Bertz CT molecular complexity index is 533. The molecule has 0 saturated heterocycles. The van der Waals surface area contributed by atoms with Crippen LogP contribution in [0.3, 0.4) is 0 Å². The van der Waals surface area contributed by atoms with Gasteiger partial charge in [0.25, 0.3) is 0 Å². The molecule has 0 aliphatic carbocycles. The van der Waals surface area contributed by atoms with Crippen molar-refractivity contribution in [3.05, 3.63) is 23.7 Å². The summed E-state index contributed by atoms with van der Waals surface area (Å²) in [4.78, 5) is 19.0. The fourth-order valence-electron chi connectivity index (χ4n) is 1.53. The Hall–Kier alpha value is -1.91. The predicted octanol–water partition coefficient (Wildman–Crippen LogP) is 1.79. The van der Waals surface area contributed by atoms with E-state index < -0.39 is 11.9 Å². The van der Waals surface area contributed by atoms with E-state index in [0.717, 1.165) is 5.56 Å². The molecule has 0 aliphatic rings. The van der Waals surface area contributed by atoms with Gasteiger partial charge in [-0.25, -0.2) is 9.97 Å². The Balaban J connectivity index is 2.28. The van der Waals surface area contributed by atoms with Gasteiger partial charge in [-0.3, -0.25) is 4.79 Å². The lowest BCUT2D eigenvalue weighted by molar-refractivity contribution is -0.141. The van der Waals surface area contributed by atoms with Crippen LogP contribution in [-0.4, -0.2) is 21.0 Å². The van der Waals surface area contributed by atoms with Crippen LogP contribution in [0.25, 0.3) is 11.2 Å². The zero-order chi connectivity index (χ0) is 11.7. The first-order chi connectivity index (χ1) is 7.56. The second-order valence-electron chi connectivity index (χ2n) is 3.84. The minimum absolute atomic E-state index is 0.424. The molecule has 0 spiro atoms. The molecule has 5 heteroatoms. The lowest BCUT2D eigenvalue weighted by atomic mass is 10.0. The number of fused-ring (bicyclic) bond motifs is 1. The van der Waals surface area contributed by atoms with Gasteiger partial charge in [-0.1, -0.05) is 6.92 Å².